The highest BCUT2D eigenvalue weighted by molar-refractivity contribution is 5.85. The summed E-state index contributed by atoms with van der Waals surface area (Å²) in [6.45, 7) is 4.90. The first-order chi connectivity index (χ1) is 7.92. The second-order valence-electron chi connectivity index (χ2n) is 4.04. The normalized spacial score (nSPS) is 20.9. The smallest absolute Gasteiger partial charge is 0.0589 e. The van der Waals surface area contributed by atoms with Crippen LogP contribution in [0.1, 0.15) is 11.6 Å². The van der Waals surface area contributed by atoms with Crippen molar-refractivity contribution in [3.63, 3.8) is 0 Å². The first-order valence-corrected chi connectivity index (χ1v) is 5.75. The molecule has 5 heteroatoms. The van der Waals surface area contributed by atoms with E-state index in [9.17, 15) is 0 Å². The molecule has 0 bridgehead atoms. The summed E-state index contributed by atoms with van der Waals surface area (Å²) in [6, 6.07) is 4.57. The third-order valence-electron chi connectivity index (χ3n) is 3.01. The molecule has 4 nitrogen and oxygen atoms in total. The minimum atomic E-state index is 0. The van der Waals surface area contributed by atoms with Crippen LogP contribution in [-0.4, -0.2) is 49.8 Å². The number of hydrogen-bond acceptors (Lipinski definition) is 4. The summed E-state index contributed by atoms with van der Waals surface area (Å²) in [7, 11) is 1.75. The summed E-state index contributed by atoms with van der Waals surface area (Å²) < 4.78 is 5.15. The minimum Gasteiger partial charge on any atom is -0.383 e. The summed E-state index contributed by atoms with van der Waals surface area (Å²) in [5.41, 5.74) is 1.28. The van der Waals surface area contributed by atoms with Gasteiger partial charge in [0, 0.05) is 51.7 Å². The van der Waals surface area contributed by atoms with Crippen LogP contribution in [0.3, 0.4) is 0 Å². The lowest BCUT2D eigenvalue weighted by Crippen LogP contribution is -2.47. The van der Waals surface area contributed by atoms with Crippen molar-refractivity contribution < 1.29 is 4.74 Å². The molecule has 1 fully saturated rings. The van der Waals surface area contributed by atoms with Crippen molar-refractivity contribution in [2.75, 3.05) is 39.9 Å². The average Bonchev–Trinajstić information content (AvgIpc) is 2.38. The van der Waals surface area contributed by atoms with Crippen molar-refractivity contribution in [1.82, 2.24) is 15.2 Å². The zero-order chi connectivity index (χ0) is 11.2. The molecule has 1 aliphatic rings. The minimum absolute atomic E-state index is 0. The molecule has 17 heavy (non-hydrogen) atoms. The molecule has 1 aromatic heterocycles. The molecule has 96 valence electrons. The summed E-state index contributed by atoms with van der Waals surface area (Å²) in [5, 5.41) is 3.43. The number of rotatable bonds is 4. The standard InChI is InChI=1S/C12H19N3O.ClH/c1-16-8-7-15-6-5-14-10-12(15)11-3-2-4-13-9-11;/h2-4,9,12,14H,5-8,10H2,1H3;1H. The van der Waals surface area contributed by atoms with E-state index in [1.165, 1.54) is 5.56 Å². The van der Waals surface area contributed by atoms with E-state index in [2.05, 4.69) is 21.3 Å². The van der Waals surface area contributed by atoms with Gasteiger partial charge in [0.05, 0.1) is 6.61 Å². The van der Waals surface area contributed by atoms with Gasteiger partial charge in [0.15, 0.2) is 0 Å². The first kappa shape index (κ1) is 14.4. The van der Waals surface area contributed by atoms with Crippen molar-refractivity contribution in [3.8, 4) is 0 Å². The number of aromatic nitrogens is 1. The quantitative estimate of drug-likeness (QED) is 0.877. The van der Waals surface area contributed by atoms with Gasteiger partial charge in [-0.25, -0.2) is 0 Å². The van der Waals surface area contributed by atoms with Crippen LogP contribution in [0, 0.1) is 0 Å². The Morgan fingerprint density at radius 2 is 2.47 bits per heavy atom. The molecular weight excluding hydrogens is 238 g/mol. The maximum Gasteiger partial charge on any atom is 0.0589 e. The van der Waals surface area contributed by atoms with Crippen LogP contribution in [-0.2, 0) is 4.74 Å². The number of nitrogens with one attached hydrogen (secondary N) is 1. The molecule has 0 radical (unpaired) electrons. The molecule has 1 atom stereocenters. The van der Waals surface area contributed by atoms with Gasteiger partial charge < -0.3 is 10.1 Å². The maximum atomic E-state index is 5.15. The molecule has 0 amide bonds. The van der Waals surface area contributed by atoms with Gasteiger partial charge in [0.1, 0.15) is 0 Å². The molecule has 0 aliphatic carbocycles. The maximum absolute atomic E-state index is 5.15. The fraction of sp³-hybridized carbons (Fsp3) is 0.583. The zero-order valence-electron chi connectivity index (χ0n) is 10.1. The lowest BCUT2D eigenvalue weighted by molar-refractivity contribution is 0.103. The van der Waals surface area contributed by atoms with Crippen LogP contribution >= 0.6 is 12.4 Å². The Bertz CT molecular complexity index is 310. The highest BCUT2D eigenvalue weighted by Gasteiger charge is 2.23. The second-order valence-corrected chi connectivity index (χ2v) is 4.04. The summed E-state index contributed by atoms with van der Waals surface area (Å²) in [6.07, 6.45) is 3.77. The predicted octanol–water partition coefficient (Wildman–Crippen LogP) is 1.10. The summed E-state index contributed by atoms with van der Waals surface area (Å²) in [4.78, 5) is 6.64. The number of pyridine rings is 1. The zero-order valence-corrected chi connectivity index (χ0v) is 10.9. The van der Waals surface area contributed by atoms with E-state index in [0.29, 0.717) is 6.04 Å². The van der Waals surface area contributed by atoms with Gasteiger partial charge in [-0.3, -0.25) is 9.88 Å². The van der Waals surface area contributed by atoms with Crippen molar-refractivity contribution in [2.45, 2.75) is 6.04 Å². The SMILES string of the molecule is COCCN1CCNCC1c1cccnc1.Cl. The predicted molar refractivity (Wildman–Crippen MR) is 70.5 cm³/mol. The Morgan fingerprint density at radius 3 is 3.18 bits per heavy atom. The van der Waals surface area contributed by atoms with E-state index < -0.39 is 0 Å². The molecule has 0 spiro atoms. The van der Waals surface area contributed by atoms with Gasteiger partial charge >= 0.3 is 0 Å². The number of nitrogens with zero attached hydrogens (tertiary/aromatic N) is 2. The van der Waals surface area contributed by atoms with E-state index in [1.807, 2.05) is 18.5 Å². The van der Waals surface area contributed by atoms with Gasteiger partial charge in [-0.05, 0) is 11.6 Å². The lowest BCUT2D eigenvalue weighted by Gasteiger charge is -2.36. The topological polar surface area (TPSA) is 37.4 Å². The Kier molecular flexibility index (Phi) is 6.44. The summed E-state index contributed by atoms with van der Waals surface area (Å²) in [5.74, 6) is 0. The molecular formula is C12H20ClN3O. The van der Waals surface area contributed by atoms with Gasteiger partial charge in [-0.2, -0.15) is 0 Å². The number of piperazine rings is 1. The third kappa shape index (κ3) is 3.92. The number of methoxy groups -OCH3 is 1. The van der Waals surface area contributed by atoms with Crippen LogP contribution in [0.5, 0.6) is 0 Å². The molecule has 1 aromatic rings. The largest absolute Gasteiger partial charge is 0.383 e. The molecule has 1 N–H and O–H groups in total. The fourth-order valence-electron chi connectivity index (χ4n) is 2.12. The first-order valence-electron chi connectivity index (χ1n) is 5.75. The number of ether oxygens (including phenoxy) is 1. The van der Waals surface area contributed by atoms with Crippen molar-refractivity contribution in [3.05, 3.63) is 30.1 Å². The average molecular weight is 258 g/mol. The molecule has 2 heterocycles. The Hall–Kier alpha value is -0.680. The van der Waals surface area contributed by atoms with Crippen molar-refractivity contribution >= 4 is 12.4 Å². The van der Waals surface area contributed by atoms with Crippen LogP contribution in [0.15, 0.2) is 24.5 Å². The monoisotopic (exact) mass is 257 g/mol. The van der Waals surface area contributed by atoms with Gasteiger partial charge in [-0.15, -0.1) is 12.4 Å². The Balaban J connectivity index is 0.00000144. The van der Waals surface area contributed by atoms with Crippen LogP contribution in [0.2, 0.25) is 0 Å². The highest BCUT2D eigenvalue weighted by atomic mass is 35.5. The second kappa shape index (κ2) is 7.61. The molecule has 0 aromatic carbocycles. The fourth-order valence-corrected chi connectivity index (χ4v) is 2.12. The molecule has 2 rings (SSSR count). The molecule has 1 unspecified atom stereocenters. The van der Waals surface area contributed by atoms with Crippen molar-refractivity contribution in [2.24, 2.45) is 0 Å². The van der Waals surface area contributed by atoms with E-state index >= 15 is 0 Å². The van der Waals surface area contributed by atoms with E-state index in [0.717, 1.165) is 32.8 Å². The lowest BCUT2D eigenvalue weighted by atomic mass is 10.1. The van der Waals surface area contributed by atoms with Gasteiger partial charge in [0.2, 0.25) is 0 Å². The Morgan fingerprint density at radius 1 is 1.59 bits per heavy atom. The van der Waals surface area contributed by atoms with Gasteiger partial charge in [0.25, 0.3) is 0 Å². The molecule has 1 saturated heterocycles. The number of hydrogen-bond donors (Lipinski definition) is 1. The highest BCUT2D eigenvalue weighted by Crippen LogP contribution is 2.20. The Labute approximate surface area is 109 Å². The number of halogens is 1. The van der Waals surface area contributed by atoms with Crippen LogP contribution in [0.25, 0.3) is 0 Å². The van der Waals surface area contributed by atoms with Crippen LogP contribution in [0.4, 0.5) is 0 Å². The van der Waals surface area contributed by atoms with Crippen molar-refractivity contribution in [1.29, 1.82) is 0 Å². The molecule has 0 saturated carbocycles. The summed E-state index contributed by atoms with van der Waals surface area (Å²) >= 11 is 0. The van der Waals surface area contributed by atoms with Gasteiger partial charge in [-0.1, -0.05) is 6.07 Å². The van der Waals surface area contributed by atoms with E-state index in [4.69, 9.17) is 4.74 Å². The molecule has 1 aliphatic heterocycles. The van der Waals surface area contributed by atoms with Crippen LogP contribution < -0.4 is 5.32 Å². The van der Waals surface area contributed by atoms with E-state index in [-0.39, 0.29) is 12.4 Å². The van der Waals surface area contributed by atoms with E-state index in [1.54, 1.807) is 7.11 Å². The third-order valence-corrected chi connectivity index (χ3v) is 3.01.